The lowest BCUT2D eigenvalue weighted by Crippen LogP contribution is -1.91. The molecular formula is C18H19NOS. The molecular weight excluding hydrogens is 278 g/mol. The van der Waals surface area contributed by atoms with E-state index in [2.05, 4.69) is 60.8 Å². The zero-order chi connectivity index (χ0) is 14.8. The lowest BCUT2D eigenvalue weighted by molar-refractivity contribution is 0.414. The summed E-state index contributed by atoms with van der Waals surface area (Å²) in [4.78, 5) is 1.22. The Morgan fingerprint density at radius 1 is 1.05 bits per heavy atom. The summed E-state index contributed by atoms with van der Waals surface area (Å²) in [5, 5.41) is 1.30. The van der Waals surface area contributed by atoms with Crippen molar-refractivity contribution in [3.63, 3.8) is 0 Å². The molecule has 0 aliphatic rings. The van der Waals surface area contributed by atoms with Crippen LogP contribution in [0.1, 0.15) is 25.3 Å². The lowest BCUT2D eigenvalue weighted by atomic mass is 10.1. The smallest absolute Gasteiger partial charge is 0.118 e. The van der Waals surface area contributed by atoms with E-state index in [0.29, 0.717) is 5.92 Å². The Hall–Kier alpha value is -1.87. The summed E-state index contributed by atoms with van der Waals surface area (Å²) in [5.41, 5.74) is 2.64. The zero-order valence-electron chi connectivity index (χ0n) is 12.5. The van der Waals surface area contributed by atoms with Gasteiger partial charge in [-0.1, -0.05) is 31.7 Å². The summed E-state index contributed by atoms with van der Waals surface area (Å²) in [5.74, 6) is 1.40. The second kappa shape index (κ2) is 5.86. The van der Waals surface area contributed by atoms with Gasteiger partial charge in [0.2, 0.25) is 0 Å². The Labute approximate surface area is 129 Å². The second-order valence-corrected chi connectivity index (χ2v) is 6.39. The van der Waals surface area contributed by atoms with E-state index < -0.39 is 0 Å². The van der Waals surface area contributed by atoms with Gasteiger partial charge in [0, 0.05) is 16.6 Å². The van der Waals surface area contributed by atoms with E-state index in [-0.39, 0.29) is 0 Å². The average Bonchev–Trinajstić information content (AvgIpc) is 2.87. The molecule has 2 nitrogen and oxygen atoms in total. The summed E-state index contributed by atoms with van der Waals surface area (Å²) >= 11 is 1.81. The molecule has 0 atom stereocenters. The number of rotatable bonds is 4. The Morgan fingerprint density at radius 2 is 1.81 bits per heavy atom. The molecule has 3 aromatic rings. The molecule has 2 aromatic heterocycles. The fraction of sp³-hybridized carbons (Fsp3) is 0.222. The second-order valence-electron chi connectivity index (χ2n) is 5.33. The number of nitrogens with zero attached hydrogens (tertiary/aromatic N) is 1. The van der Waals surface area contributed by atoms with Gasteiger partial charge in [0.1, 0.15) is 5.75 Å². The zero-order valence-corrected chi connectivity index (χ0v) is 13.4. The van der Waals surface area contributed by atoms with Gasteiger partial charge in [0.25, 0.3) is 0 Å². The predicted octanol–water partition coefficient (Wildman–Crippen LogP) is 5.22. The fourth-order valence-electron chi connectivity index (χ4n) is 2.40. The maximum absolute atomic E-state index is 5.22. The number of pyridine rings is 1. The highest BCUT2D eigenvalue weighted by molar-refractivity contribution is 7.99. The molecule has 0 saturated carbocycles. The van der Waals surface area contributed by atoms with Crippen LogP contribution in [0.15, 0.2) is 64.6 Å². The van der Waals surface area contributed by atoms with Crippen molar-refractivity contribution in [1.29, 1.82) is 0 Å². The molecule has 0 unspecified atom stereocenters. The molecule has 0 saturated heterocycles. The summed E-state index contributed by atoms with van der Waals surface area (Å²) in [6.45, 7) is 4.49. The number of ether oxygens (including phenoxy) is 1. The number of hydrogen-bond acceptors (Lipinski definition) is 2. The molecule has 0 bridgehead atoms. The van der Waals surface area contributed by atoms with E-state index in [1.165, 1.54) is 21.0 Å². The van der Waals surface area contributed by atoms with E-state index in [0.717, 1.165) is 5.75 Å². The van der Waals surface area contributed by atoms with Crippen molar-refractivity contribution < 1.29 is 4.74 Å². The molecule has 0 aliphatic carbocycles. The third-order valence-electron chi connectivity index (χ3n) is 3.56. The Balaban J connectivity index is 2.03. The molecule has 1 aromatic carbocycles. The highest BCUT2D eigenvalue weighted by atomic mass is 32.2. The van der Waals surface area contributed by atoms with Crippen LogP contribution < -0.4 is 4.74 Å². The molecule has 0 aliphatic heterocycles. The van der Waals surface area contributed by atoms with Gasteiger partial charge >= 0.3 is 0 Å². The van der Waals surface area contributed by atoms with Gasteiger partial charge in [-0.15, -0.1) is 0 Å². The van der Waals surface area contributed by atoms with Gasteiger partial charge in [-0.05, 0) is 53.9 Å². The molecule has 0 radical (unpaired) electrons. The number of methoxy groups -OCH3 is 1. The van der Waals surface area contributed by atoms with E-state index >= 15 is 0 Å². The highest BCUT2D eigenvalue weighted by Crippen LogP contribution is 2.36. The van der Waals surface area contributed by atoms with Gasteiger partial charge in [-0.2, -0.15) is 0 Å². The van der Waals surface area contributed by atoms with Crippen LogP contribution in [0.5, 0.6) is 5.75 Å². The fourth-order valence-corrected chi connectivity index (χ4v) is 3.57. The minimum Gasteiger partial charge on any atom is -0.497 e. The first-order valence-corrected chi connectivity index (χ1v) is 7.92. The van der Waals surface area contributed by atoms with Crippen LogP contribution in [0.3, 0.4) is 0 Å². The van der Waals surface area contributed by atoms with Crippen molar-refractivity contribution in [3.8, 4) is 5.75 Å². The summed E-state index contributed by atoms with van der Waals surface area (Å²) in [6, 6.07) is 16.8. The van der Waals surface area contributed by atoms with Crippen molar-refractivity contribution in [2.45, 2.75) is 29.7 Å². The molecule has 21 heavy (non-hydrogen) atoms. The summed E-state index contributed by atoms with van der Waals surface area (Å²) < 4.78 is 7.49. The minimum absolute atomic E-state index is 0.505. The van der Waals surface area contributed by atoms with Crippen molar-refractivity contribution in [3.05, 3.63) is 60.3 Å². The molecule has 3 heteroatoms. The van der Waals surface area contributed by atoms with E-state index in [9.17, 15) is 0 Å². The summed E-state index contributed by atoms with van der Waals surface area (Å²) in [7, 11) is 1.69. The van der Waals surface area contributed by atoms with Crippen molar-refractivity contribution >= 4 is 17.3 Å². The van der Waals surface area contributed by atoms with Crippen LogP contribution in [0.2, 0.25) is 0 Å². The first-order chi connectivity index (χ1) is 10.2. The first-order valence-electron chi connectivity index (χ1n) is 7.11. The van der Waals surface area contributed by atoms with Crippen LogP contribution in [-0.2, 0) is 0 Å². The number of benzene rings is 1. The minimum atomic E-state index is 0.505. The van der Waals surface area contributed by atoms with Gasteiger partial charge < -0.3 is 9.14 Å². The standard InChI is InChI=1S/C18H19NOS/c1-13(2)17-12-14-6-4-5-11-19(14)18(17)21-16-9-7-15(20-3)8-10-16/h4-13H,1-3H3. The SMILES string of the molecule is COc1ccc(Sc2c(C(C)C)cc3ccccn23)cc1. The molecule has 0 N–H and O–H groups in total. The van der Waals surface area contributed by atoms with Gasteiger partial charge in [-0.3, -0.25) is 0 Å². The van der Waals surface area contributed by atoms with Crippen LogP contribution >= 0.6 is 11.8 Å². The van der Waals surface area contributed by atoms with Crippen LogP contribution in [0.25, 0.3) is 5.52 Å². The van der Waals surface area contributed by atoms with Crippen LogP contribution in [0.4, 0.5) is 0 Å². The normalized spacial score (nSPS) is 11.2. The molecule has 108 valence electrons. The van der Waals surface area contributed by atoms with Crippen molar-refractivity contribution in [2.24, 2.45) is 0 Å². The van der Waals surface area contributed by atoms with Crippen molar-refractivity contribution in [2.75, 3.05) is 7.11 Å². The molecule has 2 heterocycles. The average molecular weight is 297 g/mol. The van der Waals surface area contributed by atoms with Gasteiger partial charge in [0.15, 0.2) is 0 Å². The monoisotopic (exact) mass is 297 g/mol. The van der Waals surface area contributed by atoms with Crippen molar-refractivity contribution in [1.82, 2.24) is 4.40 Å². The topological polar surface area (TPSA) is 13.6 Å². The highest BCUT2D eigenvalue weighted by Gasteiger charge is 2.14. The van der Waals surface area contributed by atoms with Crippen LogP contribution in [0, 0.1) is 0 Å². The largest absolute Gasteiger partial charge is 0.497 e. The predicted molar refractivity (Wildman–Crippen MR) is 88.6 cm³/mol. The number of fused-ring (bicyclic) bond motifs is 1. The molecule has 0 amide bonds. The molecule has 0 spiro atoms. The van der Waals surface area contributed by atoms with Gasteiger partial charge in [0.05, 0.1) is 12.1 Å². The van der Waals surface area contributed by atoms with E-state index in [1.807, 2.05) is 12.1 Å². The quantitative estimate of drug-likeness (QED) is 0.655. The Morgan fingerprint density at radius 3 is 2.48 bits per heavy atom. The first kappa shape index (κ1) is 14.1. The number of hydrogen-bond donors (Lipinski definition) is 0. The number of aromatic nitrogens is 1. The van der Waals surface area contributed by atoms with E-state index in [1.54, 1.807) is 18.9 Å². The maximum atomic E-state index is 5.22. The van der Waals surface area contributed by atoms with Gasteiger partial charge in [-0.25, -0.2) is 0 Å². The maximum Gasteiger partial charge on any atom is 0.118 e. The molecule has 3 rings (SSSR count). The summed E-state index contributed by atoms with van der Waals surface area (Å²) in [6.07, 6.45) is 2.13. The Bertz CT molecular complexity index is 744. The molecule has 0 fully saturated rings. The third kappa shape index (κ3) is 2.79. The lowest BCUT2D eigenvalue weighted by Gasteiger charge is -2.09. The Kier molecular flexibility index (Phi) is 3.93. The van der Waals surface area contributed by atoms with Crippen LogP contribution in [-0.4, -0.2) is 11.5 Å². The third-order valence-corrected chi connectivity index (χ3v) is 4.69. The van der Waals surface area contributed by atoms with E-state index in [4.69, 9.17) is 4.74 Å².